The average molecular weight is 338 g/mol. The molecule has 0 atom stereocenters. The van der Waals surface area contributed by atoms with Crippen molar-refractivity contribution in [3.8, 4) is 0 Å². The maximum absolute atomic E-state index is 11.7. The molecule has 3 aromatic rings. The zero-order valence-corrected chi connectivity index (χ0v) is 13.6. The lowest BCUT2D eigenvalue weighted by molar-refractivity contribution is 0.590. The van der Waals surface area contributed by atoms with Crippen molar-refractivity contribution in [3.63, 3.8) is 0 Å². The topological polar surface area (TPSA) is 102 Å². The van der Waals surface area contributed by atoms with Gasteiger partial charge in [0.05, 0.1) is 18.1 Å². The van der Waals surface area contributed by atoms with Crippen molar-refractivity contribution >= 4 is 38.2 Å². The van der Waals surface area contributed by atoms with E-state index in [9.17, 15) is 8.42 Å². The van der Waals surface area contributed by atoms with Gasteiger partial charge in [-0.2, -0.15) is 5.10 Å². The van der Waals surface area contributed by atoms with Crippen LogP contribution in [0.4, 0.5) is 5.82 Å². The highest BCUT2D eigenvalue weighted by molar-refractivity contribution is 7.91. The van der Waals surface area contributed by atoms with Crippen molar-refractivity contribution in [2.24, 2.45) is 7.05 Å². The van der Waals surface area contributed by atoms with Gasteiger partial charge in [0.1, 0.15) is 16.4 Å². The third-order valence-electron chi connectivity index (χ3n) is 3.13. The van der Waals surface area contributed by atoms with Crippen molar-refractivity contribution in [3.05, 3.63) is 29.5 Å². The number of hydrogen-bond acceptors (Lipinski definition) is 7. The normalized spacial score (nSPS) is 11.9. The summed E-state index contributed by atoms with van der Waals surface area (Å²) in [4.78, 5) is 9.27. The second kappa shape index (κ2) is 5.63. The summed E-state index contributed by atoms with van der Waals surface area (Å²) in [5.74, 6) is 0.671. The molecule has 116 valence electrons. The third-order valence-corrected chi connectivity index (χ3v) is 6.12. The van der Waals surface area contributed by atoms with E-state index in [4.69, 9.17) is 0 Å². The fraction of sp³-hybridized carbons (Fsp3) is 0.250. The van der Waals surface area contributed by atoms with Gasteiger partial charge in [-0.05, 0) is 19.2 Å². The van der Waals surface area contributed by atoms with E-state index in [1.54, 1.807) is 23.0 Å². The molecule has 0 amide bonds. The molecule has 0 bridgehead atoms. The molecular formula is C12H14N6O2S2. The summed E-state index contributed by atoms with van der Waals surface area (Å²) in [6.45, 7) is 0.477. The van der Waals surface area contributed by atoms with Crippen LogP contribution >= 0.6 is 11.3 Å². The minimum Gasteiger partial charge on any atom is -0.364 e. The van der Waals surface area contributed by atoms with Crippen LogP contribution in [0.25, 0.3) is 11.0 Å². The van der Waals surface area contributed by atoms with E-state index in [1.807, 2.05) is 7.05 Å². The molecule has 0 unspecified atom stereocenters. The summed E-state index contributed by atoms with van der Waals surface area (Å²) in [5, 5.41) is 8.16. The van der Waals surface area contributed by atoms with Crippen molar-refractivity contribution < 1.29 is 8.42 Å². The van der Waals surface area contributed by atoms with E-state index in [0.29, 0.717) is 16.6 Å². The Bertz CT molecular complexity index is 915. The van der Waals surface area contributed by atoms with Gasteiger partial charge in [0, 0.05) is 11.9 Å². The van der Waals surface area contributed by atoms with Crippen LogP contribution in [0, 0.1) is 0 Å². The number of thiophene rings is 1. The quantitative estimate of drug-likeness (QED) is 0.718. The van der Waals surface area contributed by atoms with E-state index in [-0.39, 0.29) is 0 Å². The molecule has 3 rings (SSSR count). The molecule has 0 saturated carbocycles. The summed E-state index contributed by atoms with van der Waals surface area (Å²) in [7, 11) is -0.181. The van der Waals surface area contributed by atoms with Crippen LogP contribution in [-0.4, -0.2) is 35.2 Å². The van der Waals surface area contributed by atoms with E-state index in [0.717, 1.165) is 15.9 Å². The fourth-order valence-corrected chi connectivity index (χ4v) is 4.11. The lowest BCUT2D eigenvalue weighted by atomic mass is 10.4. The largest absolute Gasteiger partial charge is 0.364 e. The van der Waals surface area contributed by atoms with Gasteiger partial charge in [0.25, 0.3) is 0 Å². The molecule has 0 saturated heterocycles. The van der Waals surface area contributed by atoms with Crippen LogP contribution in [-0.2, 0) is 23.6 Å². The summed E-state index contributed by atoms with van der Waals surface area (Å²) in [6.07, 6.45) is 3.17. The van der Waals surface area contributed by atoms with Crippen LogP contribution in [0.2, 0.25) is 0 Å². The first-order valence-corrected chi connectivity index (χ1v) is 8.70. The van der Waals surface area contributed by atoms with Gasteiger partial charge in [-0.15, -0.1) is 11.3 Å². The predicted octanol–water partition coefficient (Wildman–Crippen LogP) is 0.945. The van der Waals surface area contributed by atoms with Gasteiger partial charge in [0.15, 0.2) is 5.65 Å². The Balaban J connectivity index is 1.80. The van der Waals surface area contributed by atoms with E-state index in [1.165, 1.54) is 24.7 Å². The number of fused-ring (bicyclic) bond motifs is 1. The number of rotatable bonds is 5. The van der Waals surface area contributed by atoms with Crippen LogP contribution in [0.5, 0.6) is 0 Å². The Hall–Kier alpha value is -2.04. The predicted molar refractivity (Wildman–Crippen MR) is 84.2 cm³/mol. The first-order chi connectivity index (χ1) is 10.5. The molecule has 0 spiro atoms. The molecule has 3 heterocycles. The summed E-state index contributed by atoms with van der Waals surface area (Å²) in [6, 6.07) is 3.37. The zero-order valence-electron chi connectivity index (χ0n) is 11.9. The number of hydrogen-bond donors (Lipinski definition) is 2. The molecule has 0 fully saturated rings. The van der Waals surface area contributed by atoms with Crippen LogP contribution < -0.4 is 10.0 Å². The third kappa shape index (κ3) is 2.67. The Labute approximate surface area is 131 Å². The van der Waals surface area contributed by atoms with Gasteiger partial charge in [-0.25, -0.2) is 23.1 Å². The molecule has 0 radical (unpaired) electrons. The smallest absolute Gasteiger partial charge is 0.249 e. The molecule has 3 aromatic heterocycles. The molecule has 0 aliphatic rings. The number of nitrogens with one attached hydrogen (secondary N) is 2. The van der Waals surface area contributed by atoms with Crippen molar-refractivity contribution in [2.45, 2.75) is 10.8 Å². The number of sulfonamides is 1. The van der Waals surface area contributed by atoms with Gasteiger partial charge in [-0.3, -0.25) is 4.68 Å². The van der Waals surface area contributed by atoms with Crippen molar-refractivity contribution in [1.82, 2.24) is 24.5 Å². The standard InChI is InChI=1S/C12H14N6O2S2/c1-13-22(19,20)10-4-3-8(21-10)5-14-11-9-6-17-18(2)12(9)16-7-15-11/h3-4,6-7,13H,5H2,1-2H3,(H,14,15,16). The van der Waals surface area contributed by atoms with Crippen molar-refractivity contribution in [1.29, 1.82) is 0 Å². The fourth-order valence-electron chi connectivity index (χ4n) is 1.97. The highest BCUT2D eigenvalue weighted by atomic mass is 32.2. The van der Waals surface area contributed by atoms with Gasteiger partial charge >= 0.3 is 0 Å². The first kappa shape index (κ1) is 14.9. The van der Waals surface area contributed by atoms with E-state index >= 15 is 0 Å². The van der Waals surface area contributed by atoms with Crippen LogP contribution in [0.15, 0.2) is 28.9 Å². The summed E-state index contributed by atoms with van der Waals surface area (Å²) in [5.41, 5.74) is 0.738. The molecule has 0 aliphatic carbocycles. The summed E-state index contributed by atoms with van der Waals surface area (Å²) < 4.78 is 27.7. The number of aryl methyl sites for hydroxylation is 1. The SMILES string of the molecule is CNS(=O)(=O)c1ccc(CNc2ncnc3c2cnn3C)s1. The average Bonchev–Trinajstić information content (AvgIpc) is 3.13. The minimum atomic E-state index is -3.39. The Morgan fingerprint density at radius 3 is 2.91 bits per heavy atom. The lowest BCUT2D eigenvalue weighted by Crippen LogP contribution is -2.17. The molecular weight excluding hydrogens is 324 g/mol. The monoisotopic (exact) mass is 338 g/mol. The molecule has 22 heavy (non-hydrogen) atoms. The molecule has 10 heteroatoms. The number of anilines is 1. The lowest BCUT2D eigenvalue weighted by Gasteiger charge is -2.04. The van der Waals surface area contributed by atoms with Gasteiger partial charge in [-0.1, -0.05) is 0 Å². The zero-order chi connectivity index (χ0) is 15.7. The van der Waals surface area contributed by atoms with Crippen molar-refractivity contribution in [2.75, 3.05) is 12.4 Å². The molecule has 2 N–H and O–H groups in total. The second-order valence-corrected chi connectivity index (χ2v) is 7.79. The van der Waals surface area contributed by atoms with Gasteiger partial charge in [0.2, 0.25) is 10.0 Å². The van der Waals surface area contributed by atoms with Crippen LogP contribution in [0.1, 0.15) is 4.88 Å². The minimum absolute atomic E-state index is 0.293. The van der Waals surface area contributed by atoms with Crippen LogP contribution in [0.3, 0.4) is 0 Å². The number of aromatic nitrogens is 4. The summed E-state index contributed by atoms with van der Waals surface area (Å²) >= 11 is 1.22. The van der Waals surface area contributed by atoms with E-state index < -0.39 is 10.0 Å². The molecule has 0 aromatic carbocycles. The maximum Gasteiger partial charge on any atom is 0.249 e. The maximum atomic E-state index is 11.7. The highest BCUT2D eigenvalue weighted by Crippen LogP contribution is 2.23. The van der Waals surface area contributed by atoms with E-state index in [2.05, 4.69) is 25.1 Å². The molecule has 8 nitrogen and oxygen atoms in total. The van der Waals surface area contributed by atoms with Gasteiger partial charge < -0.3 is 5.32 Å². The highest BCUT2D eigenvalue weighted by Gasteiger charge is 2.14. The Morgan fingerprint density at radius 1 is 1.32 bits per heavy atom. The molecule has 0 aliphatic heterocycles. The first-order valence-electron chi connectivity index (χ1n) is 6.40. The number of nitrogens with zero attached hydrogens (tertiary/aromatic N) is 4. The second-order valence-electron chi connectivity index (χ2n) is 4.51. The Kier molecular flexibility index (Phi) is 3.81. The Morgan fingerprint density at radius 2 is 2.14 bits per heavy atom.